The molecule has 1 N–H and O–H groups in total. The van der Waals surface area contributed by atoms with Crippen LogP contribution in [-0.4, -0.2) is 26.3 Å². The molecule has 0 saturated heterocycles. The smallest absolute Gasteiger partial charge is 0.0466 e. The Morgan fingerprint density at radius 2 is 1.59 bits per heavy atom. The molecule has 0 aliphatic carbocycles. The third-order valence-corrected chi connectivity index (χ3v) is 2.89. The van der Waals surface area contributed by atoms with E-state index < -0.39 is 0 Å². The Hall–Kier alpha value is -0.0800. The normalized spacial score (nSPS) is 11.3. The fourth-order valence-corrected chi connectivity index (χ4v) is 1.81. The second-order valence-electron chi connectivity index (χ2n) is 5.31. The van der Waals surface area contributed by atoms with Crippen molar-refractivity contribution in [2.45, 2.75) is 65.7 Å². The van der Waals surface area contributed by atoms with Crippen molar-refractivity contribution in [3.05, 3.63) is 0 Å². The van der Waals surface area contributed by atoms with Crippen molar-refractivity contribution >= 4 is 0 Å². The predicted molar refractivity (Wildman–Crippen MR) is 76.5 cm³/mol. The van der Waals surface area contributed by atoms with Crippen molar-refractivity contribution in [2.75, 3.05) is 26.3 Å². The quantitative estimate of drug-likeness (QED) is 0.494. The molecule has 0 aromatic rings. The van der Waals surface area contributed by atoms with E-state index in [4.69, 9.17) is 4.74 Å². The van der Waals surface area contributed by atoms with Crippen molar-refractivity contribution in [1.29, 1.82) is 0 Å². The van der Waals surface area contributed by atoms with Crippen molar-refractivity contribution in [3.8, 4) is 0 Å². The molecule has 2 nitrogen and oxygen atoms in total. The van der Waals surface area contributed by atoms with Gasteiger partial charge < -0.3 is 10.1 Å². The Morgan fingerprint density at radius 1 is 0.882 bits per heavy atom. The standard InChI is InChI=1S/C15H33NO/c1-4-11-16-12-7-5-6-8-13-17-14-9-10-15(2)3/h15-16H,4-14H2,1-3H3. The molecule has 0 fully saturated rings. The molecule has 0 aliphatic heterocycles. The Morgan fingerprint density at radius 3 is 2.29 bits per heavy atom. The number of hydrogen-bond acceptors (Lipinski definition) is 2. The van der Waals surface area contributed by atoms with Gasteiger partial charge in [-0.1, -0.05) is 33.6 Å². The maximum Gasteiger partial charge on any atom is 0.0466 e. The van der Waals surface area contributed by atoms with Crippen LogP contribution in [0, 0.1) is 5.92 Å². The molecule has 0 aliphatic rings. The second-order valence-corrected chi connectivity index (χ2v) is 5.31. The van der Waals surface area contributed by atoms with Crippen LogP contribution in [0.2, 0.25) is 0 Å². The first kappa shape index (κ1) is 16.9. The molecule has 0 amide bonds. The van der Waals surface area contributed by atoms with Crippen LogP contribution in [0.25, 0.3) is 0 Å². The van der Waals surface area contributed by atoms with E-state index in [0.717, 1.165) is 19.1 Å². The van der Waals surface area contributed by atoms with Gasteiger partial charge in [-0.2, -0.15) is 0 Å². The minimum Gasteiger partial charge on any atom is -0.381 e. The molecule has 0 bridgehead atoms. The van der Waals surface area contributed by atoms with Crippen LogP contribution in [0.3, 0.4) is 0 Å². The first-order chi connectivity index (χ1) is 8.27. The number of nitrogens with one attached hydrogen (secondary N) is 1. The average molecular weight is 243 g/mol. The Kier molecular flexibility index (Phi) is 13.9. The van der Waals surface area contributed by atoms with E-state index in [1.807, 2.05) is 0 Å². The van der Waals surface area contributed by atoms with E-state index in [1.165, 1.54) is 58.0 Å². The van der Waals surface area contributed by atoms with Gasteiger partial charge in [0.2, 0.25) is 0 Å². The number of ether oxygens (including phenoxy) is 1. The highest BCUT2D eigenvalue weighted by Crippen LogP contribution is 2.04. The third-order valence-electron chi connectivity index (χ3n) is 2.89. The van der Waals surface area contributed by atoms with Crippen LogP contribution in [0.5, 0.6) is 0 Å². The van der Waals surface area contributed by atoms with Crippen molar-refractivity contribution in [2.24, 2.45) is 5.92 Å². The summed E-state index contributed by atoms with van der Waals surface area (Å²) in [5, 5.41) is 3.43. The summed E-state index contributed by atoms with van der Waals surface area (Å²) >= 11 is 0. The van der Waals surface area contributed by atoms with Gasteiger partial charge in [0.1, 0.15) is 0 Å². The maximum atomic E-state index is 5.61. The zero-order valence-electron chi connectivity index (χ0n) is 12.3. The van der Waals surface area contributed by atoms with Gasteiger partial charge in [-0.25, -0.2) is 0 Å². The molecule has 0 aromatic heterocycles. The van der Waals surface area contributed by atoms with Crippen molar-refractivity contribution < 1.29 is 4.74 Å². The van der Waals surface area contributed by atoms with Gasteiger partial charge >= 0.3 is 0 Å². The van der Waals surface area contributed by atoms with E-state index in [0.29, 0.717) is 0 Å². The predicted octanol–water partition coefficient (Wildman–Crippen LogP) is 4.00. The highest BCUT2D eigenvalue weighted by molar-refractivity contribution is 4.49. The molecule has 0 aromatic carbocycles. The van der Waals surface area contributed by atoms with E-state index in [1.54, 1.807) is 0 Å². The Labute approximate surface area is 109 Å². The van der Waals surface area contributed by atoms with Crippen molar-refractivity contribution in [3.63, 3.8) is 0 Å². The third kappa shape index (κ3) is 15.9. The van der Waals surface area contributed by atoms with E-state index in [9.17, 15) is 0 Å². The van der Waals surface area contributed by atoms with Crippen LogP contribution in [0.4, 0.5) is 0 Å². The minimum absolute atomic E-state index is 0.814. The summed E-state index contributed by atoms with van der Waals surface area (Å²) in [6.45, 7) is 11.0. The lowest BCUT2D eigenvalue weighted by molar-refractivity contribution is 0.124. The van der Waals surface area contributed by atoms with Gasteiger partial charge in [0.05, 0.1) is 0 Å². The van der Waals surface area contributed by atoms with Crippen LogP contribution >= 0.6 is 0 Å². The first-order valence-electron chi connectivity index (χ1n) is 7.55. The molecule has 104 valence electrons. The fourth-order valence-electron chi connectivity index (χ4n) is 1.81. The summed E-state index contributed by atoms with van der Waals surface area (Å²) < 4.78 is 5.61. The molecule has 0 atom stereocenters. The molecule has 2 heteroatoms. The summed E-state index contributed by atoms with van der Waals surface area (Å²) in [5.41, 5.74) is 0. The van der Waals surface area contributed by atoms with Gasteiger partial charge in [0.25, 0.3) is 0 Å². The van der Waals surface area contributed by atoms with Crippen LogP contribution < -0.4 is 5.32 Å². The molecular formula is C15H33NO. The second kappa shape index (κ2) is 14.0. The number of rotatable bonds is 13. The number of unbranched alkanes of at least 4 members (excludes halogenated alkanes) is 3. The molecular weight excluding hydrogens is 210 g/mol. The summed E-state index contributed by atoms with van der Waals surface area (Å²) in [7, 11) is 0. The van der Waals surface area contributed by atoms with Gasteiger partial charge in [-0.3, -0.25) is 0 Å². The van der Waals surface area contributed by atoms with Crippen LogP contribution in [0.15, 0.2) is 0 Å². The van der Waals surface area contributed by atoms with Gasteiger partial charge in [-0.05, 0) is 51.1 Å². The van der Waals surface area contributed by atoms with E-state index in [-0.39, 0.29) is 0 Å². The molecule has 0 spiro atoms. The molecule has 17 heavy (non-hydrogen) atoms. The Balaban J connectivity index is 2.89. The maximum absolute atomic E-state index is 5.61. The van der Waals surface area contributed by atoms with Gasteiger partial charge in [0.15, 0.2) is 0 Å². The molecule has 0 heterocycles. The lowest BCUT2D eigenvalue weighted by Crippen LogP contribution is -2.15. The highest BCUT2D eigenvalue weighted by atomic mass is 16.5. The Bertz CT molecular complexity index is 137. The van der Waals surface area contributed by atoms with Gasteiger partial charge in [-0.15, -0.1) is 0 Å². The summed E-state index contributed by atoms with van der Waals surface area (Å²) in [6.07, 6.45) is 8.96. The monoisotopic (exact) mass is 243 g/mol. The molecule has 0 saturated carbocycles. The minimum atomic E-state index is 0.814. The van der Waals surface area contributed by atoms with E-state index in [2.05, 4.69) is 26.1 Å². The molecule has 0 rings (SSSR count). The summed E-state index contributed by atoms with van der Waals surface area (Å²) in [4.78, 5) is 0. The fraction of sp³-hybridized carbons (Fsp3) is 1.00. The number of hydrogen-bond donors (Lipinski definition) is 1. The zero-order chi connectivity index (χ0) is 12.8. The molecule has 0 radical (unpaired) electrons. The van der Waals surface area contributed by atoms with Crippen LogP contribution in [0.1, 0.15) is 65.7 Å². The summed E-state index contributed by atoms with van der Waals surface area (Å²) in [5.74, 6) is 0.814. The lowest BCUT2D eigenvalue weighted by atomic mass is 10.1. The summed E-state index contributed by atoms with van der Waals surface area (Å²) in [6, 6.07) is 0. The van der Waals surface area contributed by atoms with Crippen LogP contribution in [-0.2, 0) is 4.74 Å². The highest BCUT2D eigenvalue weighted by Gasteiger charge is 1.94. The van der Waals surface area contributed by atoms with E-state index >= 15 is 0 Å². The zero-order valence-corrected chi connectivity index (χ0v) is 12.3. The van der Waals surface area contributed by atoms with Crippen molar-refractivity contribution in [1.82, 2.24) is 5.32 Å². The SMILES string of the molecule is CCCNCCCCCCOCCCC(C)C. The first-order valence-corrected chi connectivity index (χ1v) is 7.55. The lowest BCUT2D eigenvalue weighted by Gasteiger charge is -2.06. The van der Waals surface area contributed by atoms with Gasteiger partial charge in [0, 0.05) is 13.2 Å². The average Bonchev–Trinajstić information content (AvgIpc) is 2.30. The largest absolute Gasteiger partial charge is 0.381 e. The molecule has 0 unspecified atom stereocenters. The topological polar surface area (TPSA) is 21.3 Å².